The highest BCUT2D eigenvalue weighted by molar-refractivity contribution is 6.04. The summed E-state index contributed by atoms with van der Waals surface area (Å²) in [7, 11) is 0. The van der Waals surface area contributed by atoms with Crippen molar-refractivity contribution in [3.8, 4) is 0 Å². The van der Waals surface area contributed by atoms with Gasteiger partial charge in [-0.2, -0.15) is 0 Å². The third-order valence-electron chi connectivity index (χ3n) is 3.33. The Bertz CT molecular complexity index is 627. The second-order valence-electron chi connectivity index (χ2n) is 4.59. The molecule has 2 aromatic carbocycles. The van der Waals surface area contributed by atoms with Crippen molar-refractivity contribution in [3.63, 3.8) is 0 Å². The van der Waals surface area contributed by atoms with Gasteiger partial charge in [-0.1, -0.05) is 36.4 Å². The van der Waals surface area contributed by atoms with Gasteiger partial charge in [0.25, 0.3) is 0 Å². The van der Waals surface area contributed by atoms with E-state index in [1.165, 1.54) is 12.1 Å². The second-order valence-corrected chi connectivity index (χ2v) is 4.59. The van der Waals surface area contributed by atoms with Crippen molar-refractivity contribution in [3.05, 3.63) is 65.5 Å². The predicted molar refractivity (Wildman–Crippen MR) is 71.0 cm³/mol. The maximum atomic E-state index is 13.3. The third kappa shape index (κ3) is 2.00. The van der Waals surface area contributed by atoms with Crippen LogP contribution in [0.15, 0.2) is 48.5 Å². The molecule has 1 heterocycles. The van der Waals surface area contributed by atoms with Gasteiger partial charge in [-0.25, -0.2) is 4.39 Å². The third-order valence-corrected chi connectivity index (χ3v) is 3.33. The van der Waals surface area contributed by atoms with Crippen LogP contribution < -0.4 is 10.6 Å². The van der Waals surface area contributed by atoms with Gasteiger partial charge in [0.15, 0.2) is 0 Å². The standard InChI is InChI=1S/C15H13FN2O/c16-11-6-7-12-13(8-11)18(15(19)14(12)17)9-10-4-2-1-3-5-10/h1-8,14H,9,17H2. The lowest BCUT2D eigenvalue weighted by Crippen LogP contribution is -2.31. The Morgan fingerprint density at radius 2 is 1.89 bits per heavy atom. The van der Waals surface area contributed by atoms with E-state index in [4.69, 9.17) is 5.73 Å². The van der Waals surface area contributed by atoms with E-state index >= 15 is 0 Å². The van der Waals surface area contributed by atoms with Gasteiger partial charge in [0, 0.05) is 5.56 Å². The number of anilines is 1. The van der Waals surface area contributed by atoms with Crippen molar-refractivity contribution in [2.24, 2.45) is 5.73 Å². The summed E-state index contributed by atoms with van der Waals surface area (Å²) in [6.45, 7) is 0.407. The summed E-state index contributed by atoms with van der Waals surface area (Å²) in [6.07, 6.45) is 0. The molecule has 1 unspecified atom stereocenters. The summed E-state index contributed by atoms with van der Waals surface area (Å²) >= 11 is 0. The lowest BCUT2D eigenvalue weighted by molar-refractivity contribution is -0.119. The van der Waals surface area contributed by atoms with Gasteiger partial charge in [-0.05, 0) is 17.7 Å². The highest BCUT2D eigenvalue weighted by Crippen LogP contribution is 2.35. The van der Waals surface area contributed by atoms with Crippen molar-refractivity contribution in [1.82, 2.24) is 0 Å². The SMILES string of the molecule is NC1C(=O)N(Cc2ccccc2)c2cc(F)ccc21. The fraction of sp³-hybridized carbons (Fsp3) is 0.133. The van der Waals surface area contributed by atoms with Crippen molar-refractivity contribution in [2.45, 2.75) is 12.6 Å². The predicted octanol–water partition coefficient (Wildman–Crippen LogP) is 2.37. The number of carbonyl (C=O) groups excluding carboxylic acids is 1. The minimum Gasteiger partial charge on any atom is -0.316 e. The highest BCUT2D eigenvalue weighted by Gasteiger charge is 2.34. The Morgan fingerprint density at radius 1 is 1.16 bits per heavy atom. The van der Waals surface area contributed by atoms with E-state index in [1.54, 1.807) is 11.0 Å². The molecule has 4 heteroatoms. The van der Waals surface area contributed by atoms with Crippen molar-refractivity contribution < 1.29 is 9.18 Å². The second kappa shape index (κ2) is 4.48. The van der Waals surface area contributed by atoms with Crippen LogP contribution in [-0.4, -0.2) is 5.91 Å². The first-order valence-corrected chi connectivity index (χ1v) is 6.07. The Hall–Kier alpha value is -2.20. The average Bonchev–Trinajstić information content (AvgIpc) is 2.65. The highest BCUT2D eigenvalue weighted by atomic mass is 19.1. The van der Waals surface area contributed by atoms with Crippen molar-refractivity contribution >= 4 is 11.6 Å². The molecule has 0 aliphatic carbocycles. The van der Waals surface area contributed by atoms with Gasteiger partial charge < -0.3 is 10.6 Å². The molecule has 0 spiro atoms. The quantitative estimate of drug-likeness (QED) is 0.896. The van der Waals surface area contributed by atoms with E-state index in [1.807, 2.05) is 30.3 Å². The molecule has 19 heavy (non-hydrogen) atoms. The topological polar surface area (TPSA) is 46.3 Å². The molecule has 0 radical (unpaired) electrons. The van der Waals surface area contributed by atoms with E-state index < -0.39 is 6.04 Å². The van der Waals surface area contributed by atoms with Crippen LogP contribution in [0.2, 0.25) is 0 Å². The van der Waals surface area contributed by atoms with Gasteiger partial charge in [0.2, 0.25) is 5.91 Å². The number of hydrogen-bond donors (Lipinski definition) is 1. The number of rotatable bonds is 2. The molecule has 0 aromatic heterocycles. The largest absolute Gasteiger partial charge is 0.316 e. The summed E-state index contributed by atoms with van der Waals surface area (Å²) in [6, 6.07) is 13.2. The summed E-state index contributed by atoms with van der Waals surface area (Å²) in [4.78, 5) is 13.7. The smallest absolute Gasteiger partial charge is 0.248 e. The number of halogens is 1. The lowest BCUT2D eigenvalue weighted by Gasteiger charge is -2.17. The molecule has 96 valence electrons. The molecule has 1 aliphatic rings. The van der Waals surface area contributed by atoms with Crippen LogP contribution in [-0.2, 0) is 11.3 Å². The van der Waals surface area contributed by atoms with Crippen LogP contribution in [0.5, 0.6) is 0 Å². The van der Waals surface area contributed by atoms with Gasteiger partial charge in [0.05, 0.1) is 12.2 Å². The molecule has 1 amide bonds. The van der Waals surface area contributed by atoms with E-state index in [0.717, 1.165) is 5.56 Å². The van der Waals surface area contributed by atoms with Crippen molar-refractivity contribution in [2.75, 3.05) is 4.90 Å². The van der Waals surface area contributed by atoms with E-state index in [0.29, 0.717) is 17.8 Å². The van der Waals surface area contributed by atoms with E-state index in [9.17, 15) is 9.18 Å². The number of hydrogen-bond acceptors (Lipinski definition) is 2. The van der Waals surface area contributed by atoms with E-state index in [-0.39, 0.29) is 11.7 Å². The Kier molecular flexibility index (Phi) is 2.80. The van der Waals surface area contributed by atoms with Crippen LogP contribution in [0.1, 0.15) is 17.2 Å². The minimum atomic E-state index is -0.695. The molecule has 0 bridgehead atoms. The minimum absolute atomic E-state index is 0.190. The molecule has 1 atom stereocenters. The zero-order chi connectivity index (χ0) is 13.4. The number of carbonyl (C=O) groups is 1. The van der Waals surface area contributed by atoms with Crippen LogP contribution >= 0.6 is 0 Å². The Labute approximate surface area is 110 Å². The Morgan fingerprint density at radius 3 is 2.63 bits per heavy atom. The molecule has 0 saturated carbocycles. The summed E-state index contributed by atoms with van der Waals surface area (Å²) in [5.41, 5.74) is 8.11. The average molecular weight is 256 g/mol. The van der Waals surface area contributed by atoms with Gasteiger partial charge in [-0.3, -0.25) is 4.79 Å². The summed E-state index contributed by atoms with van der Waals surface area (Å²) < 4.78 is 13.3. The van der Waals surface area contributed by atoms with Crippen LogP contribution in [0, 0.1) is 5.82 Å². The van der Waals surface area contributed by atoms with Crippen LogP contribution in [0.25, 0.3) is 0 Å². The molecule has 0 fully saturated rings. The van der Waals surface area contributed by atoms with Gasteiger partial charge >= 0.3 is 0 Å². The molecule has 3 nitrogen and oxygen atoms in total. The lowest BCUT2D eigenvalue weighted by atomic mass is 10.1. The number of nitrogens with two attached hydrogens (primary N) is 1. The first-order valence-electron chi connectivity index (χ1n) is 6.07. The first kappa shape index (κ1) is 11.9. The summed E-state index contributed by atoms with van der Waals surface area (Å²) in [5.74, 6) is -0.553. The van der Waals surface area contributed by atoms with E-state index in [2.05, 4.69) is 0 Å². The molecular formula is C15H13FN2O. The zero-order valence-corrected chi connectivity index (χ0v) is 10.2. The maximum Gasteiger partial charge on any atom is 0.248 e. The molecule has 2 aromatic rings. The fourth-order valence-electron chi connectivity index (χ4n) is 2.36. The molecule has 2 N–H and O–H groups in total. The number of nitrogens with zero attached hydrogens (tertiary/aromatic N) is 1. The zero-order valence-electron chi connectivity index (χ0n) is 10.2. The monoisotopic (exact) mass is 256 g/mol. The molecule has 0 saturated heterocycles. The van der Waals surface area contributed by atoms with Crippen LogP contribution in [0.4, 0.5) is 10.1 Å². The fourth-order valence-corrected chi connectivity index (χ4v) is 2.36. The molecule has 1 aliphatic heterocycles. The molecule has 3 rings (SSSR count). The van der Waals surface area contributed by atoms with Gasteiger partial charge in [-0.15, -0.1) is 0 Å². The number of amides is 1. The van der Waals surface area contributed by atoms with Crippen LogP contribution in [0.3, 0.4) is 0 Å². The normalized spacial score (nSPS) is 17.7. The number of fused-ring (bicyclic) bond motifs is 1. The Balaban J connectivity index is 1.99. The van der Waals surface area contributed by atoms with Crippen molar-refractivity contribution in [1.29, 1.82) is 0 Å². The number of benzene rings is 2. The maximum absolute atomic E-state index is 13.3. The summed E-state index contributed by atoms with van der Waals surface area (Å²) in [5, 5.41) is 0. The first-order chi connectivity index (χ1) is 9.16. The molecular weight excluding hydrogens is 243 g/mol. The van der Waals surface area contributed by atoms with Gasteiger partial charge in [0.1, 0.15) is 11.9 Å².